The van der Waals surface area contributed by atoms with Gasteiger partial charge >= 0.3 is 0 Å². The van der Waals surface area contributed by atoms with E-state index in [0.717, 1.165) is 12.2 Å². The first kappa shape index (κ1) is 17.0. The molecule has 0 aliphatic heterocycles. The number of hydrogen-bond donors (Lipinski definition) is 2. The molecule has 0 aliphatic carbocycles. The molecule has 0 amide bonds. The normalized spacial score (nSPS) is 12.5. The molecular formula is C13H22IN3O. The zero-order valence-corrected chi connectivity index (χ0v) is 13.5. The summed E-state index contributed by atoms with van der Waals surface area (Å²) in [7, 11) is 1.66. The lowest BCUT2D eigenvalue weighted by Gasteiger charge is -2.18. The molecule has 4 nitrogen and oxygen atoms in total. The van der Waals surface area contributed by atoms with Crippen LogP contribution in [0, 0.1) is 6.92 Å². The number of hydrogen-bond acceptors (Lipinski definition) is 2. The molecule has 18 heavy (non-hydrogen) atoms. The van der Waals surface area contributed by atoms with E-state index in [0.29, 0.717) is 12.5 Å². The van der Waals surface area contributed by atoms with Gasteiger partial charge in [0.15, 0.2) is 5.96 Å². The first-order chi connectivity index (χ1) is 8.15. The highest BCUT2D eigenvalue weighted by Crippen LogP contribution is 2.14. The van der Waals surface area contributed by atoms with Crippen LogP contribution in [-0.2, 0) is 0 Å². The Labute approximate surface area is 126 Å². The number of nitrogens with one attached hydrogen (secondary N) is 1. The lowest BCUT2D eigenvalue weighted by molar-refractivity contribution is 0.199. The van der Waals surface area contributed by atoms with Gasteiger partial charge in [-0.15, -0.1) is 24.0 Å². The first-order valence-corrected chi connectivity index (χ1v) is 5.85. The minimum Gasteiger partial charge on any atom is -0.489 e. The quantitative estimate of drug-likeness (QED) is 0.480. The van der Waals surface area contributed by atoms with Crippen LogP contribution < -0.4 is 15.8 Å². The topological polar surface area (TPSA) is 59.6 Å². The number of nitrogens with zero attached hydrogens (tertiary/aromatic N) is 1. The Morgan fingerprint density at radius 2 is 2.22 bits per heavy atom. The smallest absolute Gasteiger partial charge is 0.188 e. The van der Waals surface area contributed by atoms with Crippen molar-refractivity contribution < 1.29 is 4.74 Å². The maximum atomic E-state index is 5.87. The van der Waals surface area contributed by atoms with Gasteiger partial charge in [-0.1, -0.05) is 19.1 Å². The third kappa shape index (κ3) is 6.09. The molecule has 3 N–H and O–H groups in total. The molecule has 0 aromatic heterocycles. The van der Waals surface area contributed by atoms with Crippen molar-refractivity contribution in [3.63, 3.8) is 0 Å². The van der Waals surface area contributed by atoms with Gasteiger partial charge in [0.25, 0.3) is 0 Å². The van der Waals surface area contributed by atoms with Gasteiger partial charge in [0.05, 0.1) is 6.54 Å². The van der Waals surface area contributed by atoms with Gasteiger partial charge in [-0.05, 0) is 31.0 Å². The number of benzene rings is 1. The molecule has 1 rings (SSSR count). The van der Waals surface area contributed by atoms with Crippen molar-refractivity contribution in [2.45, 2.75) is 26.4 Å². The van der Waals surface area contributed by atoms with Gasteiger partial charge in [0.1, 0.15) is 11.9 Å². The molecule has 0 saturated heterocycles. The molecule has 0 radical (unpaired) electrons. The second-order valence-electron chi connectivity index (χ2n) is 3.95. The Hall–Kier alpha value is -0.980. The SMILES string of the molecule is CCC(CNC(N)=NC)Oc1cccc(C)c1.I. The monoisotopic (exact) mass is 363 g/mol. The molecule has 0 fully saturated rings. The van der Waals surface area contributed by atoms with Crippen molar-refractivity contribution in [1.82, 2.24) is 5.32 Å². The molecule has 0 aliphatic rings. The van der Waals surface area contributed by atoms with Crippen LogP contribution in [0.4, 0.5) is 0 Å². The lowest BCUT2D eigenvalue weighted by Crippen LogP contribution is -2.39. The van der Waals surface area contributed by atoms with E-state index >= 15 is 0 Å². The van der Waals surface area contributed by atoms with E-state index in [1.807, 2.05) is 31.2 Å². The Balaban J connectivity index is 0.00000289. The van der Waals surface area contributed by atoms with Crippen LogP contribution >= 0.6 is 24.0 Å². The number of aliphatic imine (C=N–C) groups is 1. The highest BCUT2D eigenvalue weighted by Gasteiger charge is 2.08. The van der Waals surface area contributed by atoms with E-state index < -0.39 is 0 Å². The van der Waals surface area contributed by atoms with Crippen molar-refractivity contribution in [3.8, 4) is 5.75 Å². The number of guanidine groups is 1. The predicted molar refractivity (Wildman–Crippen MR) is 86.9 cm³/mol. The zero-order valence-electron chi connectivity index (χ0n) is 11.1. The molecule has 1 unspecified atom stereocenters. The van der Waals surface area contributed by atoms with Gasteiger partial charge in [-0.3, -0.25) is 4.99 Å². The number of aryl methyl sites for hydroxylation is 1. The van der Waals surface area contributed by atoms with Crippen LogP contribution in [0.3, 0.4) is 0 Å². The molecule has 0 bridgehead atoms. The summed E-state index contributed by atoms with van der Waals surface area (Å²) >= 11 is 0. The summed E-state index contributed by atoms with van der Waals surface area (Å²) in [5, 5.41) is 3.02. The van der Waals surface area contributed by atoms with E-state index in [-0.39, 0.29) is 30.1 Å². The Bertz CT molecular complexity index is 382. The van der Waals surface area contributed by atoms with Crippen molar-refractivity contribution >= 4 is 29.9 Å². The summed E-state index contributed by atoms with van der Waals surface area (Å²) in [6.45, 7) is 4.79. The molecule has 0 spiro atoms. The Kier molecular flexibility index (Phi) is 8.53. The van der Waals surface area contributed by atoms with E-state index in [4.69, 9.17) is 10.5 Å². The maximum Gasteiger partial charge on any atom is 0.188 e. The molecule has 5 heteroatoms. The molecular weight excluding hydrogens is 341 g/mol. The predicted octanol–water partition coefficient (Wildman–Crippen LogP) is 2.30. The summed E-state index contributed by atoms with van der Waals surface area (Å²) in [6.07, 6.45) is 1.01. The van der Waals surface area contributed by atoms with Gasteiger partial charge in [-0.25, -0.2) is 0 Å². The van der Waals surface area contributed by atoms with Gasteiger partial charge in [0.2, 0.25) is 0 Å². The summed E-state index contributed by atoms with van der Waals surface area (Å²) in [6, 6.07) is 8.04. The average Bonchev–Trinajstić information content (AvgIpc) is 2.34. The fourth-order valence-corrected chi connectivity index (χ4v) is 1.45. The van der Waals surface area contributed by atoms with Crippen molar-refractivity contribution in [2.75, 3.05) is 13.6 Å². The van der Waals surface area contributed by atoms with E-state index in [1.54, 1.807) is 7.05 Å². The first-order valence-electron chi connectivity index (χ1n) is 5.85. The third-order valence-corrected chi connectivity index (χ3v) is 2.50. The highest BCUT2D eigenvalue weighted by atomic mass is 127. The summed E-state index contributed by atoms with van der Waals surface area (Å²) in [5.41, 5.74) is 6.77. The van der Waals surface area contributed by atoms with Crippen LogP contribution in [-0.4, -0.2) is 25.7 Å². The van der Waals surface area contributed by atoms with Crippen LogP contribution in [0.15, 0.2) is 29.3 Å². The molecule has 102 valence electrons. The zero-order chi connectivity index (χ0) is 12.7. The Morgan fingerprint density at radius 1 is 1.50 bits per heavy atom. The van der Waals surface area contributed by atoms with Crippen molar-refractivity contribution in [2.24, 2.45) is 10.7 Å². The summed E-state index contributed by atoms with van der Waals surface area (Å²) < 4.78 is 5.87. The molecule has 1 aromatic carbocycles. The lowest BCUT2D eigenvalue weighted by atomic mass is 10.2. The molecule has 0 heterocycles. The minimum absolute atomic E-state index is 0. The highest BCUT2D eigenvalue weighted by molar-refractivity contribution is 14.0. The van der Waals surface area contributed by atoms with Crippen LogP contribution in [0.25, 0.3) is 0 Å². The maximum absolute atomic E-state index is 5.87. The Morgan fingerprint density at radius 3 is 2.78 bits per heavy atom. The van der Waals surface area contributed by atoms with Crippen LogP contribution in [0.2, 0.25) is 0 Å². The van der Waals surface area contributed by atoms with Gasteiger partial charge in [-0.2, -0.15) is 0 Å². The van der Waals surface area contributed by atoms with E-state index in [1.165, 1.54) is 5.56 Å². The standard InChI is InChI=1S/C13H21N3O.HI/c1-4-11(9-16-13(14)15-3)17-12-7-5-6-10(2)8-12;/h5-8,11H,4,9H2,1-3H3,(H3,14,15,16);1H. The van der Waals surface area contributed by atoms with Gasteiger partial charge in [0, 0.05) is 7.05 Å². The molecule has 0 saturated carbocycles. The fourth-order valence-electron chi connectivity index (χ4n) is 1.45. The van der Waals surface area contributed by atoms with E-state index in [2.05, 4.69) is 17.2 Å². The molecule has 1 aromatic rings. The average molecular weight is 363 g/mol. The fraction of sp³-hybridized carbons (Fsp3) is 0.462. The van der Waals surface area contributed by atoms with E-state index in [9.17, 15) is 0 Å². The van der Waals surface area contributed by atoms with Crippen molar-refractivity contribution in [1.29, 1.82) is 0 Å². The van der Waals surface area contributed by atoms with Gasteiger partial charge < -0.3 is 15.8 Å². The number of ether oxygens (including phenoxy) is 1. The largest absolute Gasteiger partial charge is 0.489 e. The second-order valence-corrected chi connectivity index (χ2v) is 3.95. The molecule has 1 atom stereocenters. The summed E-state index contributed by atoms with van der Waals surface area (Å²) in [4.78, 5) is 3.84. The van der Waals surface area contributed by atoms with Crippen LogP contribution in [0.1, 0.15) is 18.9 Å². The summed E-state index contributed by atoms with van der Waals surface area (Å²) in [5.74, 6) is 1.34. The number of rotatable bonds is 5. The third-order valence-electron chi connectivity index (χ3n) is 2.50. The second kappa shape index (κ2) is 9.02. The van der Waals surface area contributed by atoms with Crippen LogP contribution in [0.5, 0.6) is 5.75 Å². The number of nitrogens with two attached hydrogens (primary N) is 1. The number of halogens is 1. The minimum atomic E-state index is 0. The van der Waals surface area contributed by atoms with Crippen molar-refractivity contribution in [3.05, 3.63) is 29.8 Å².